The van der Waals surface area contributed by atoms with E-state index in [1.54, 1.807) is 18.2 Å². The highest BCUT2D eigenvalue weighted by atomic mass is 32.2. The molecule has 1 aromatic heterocycles. The lowest BCUT2D eigenvalue weighted by Crippen LogP contribution is -2.22. The van der Waals surface area contributed by atoms with Gasteiger partial charge in [0.1, 0.15) is 0 Å². The third-order valence-corrected chi connectivity index (χ3v) is 6.70. The maximum absolute atomic E-state index is 12.2. The summed E-state index contributed by atoms with van der Waals surface area (Å²) >= 11 is -0.211. The number of benzene rings is 1. The highest BCUT2D eigenvalue weighted by molar-refractivity contribution is 7.89. The van der Waals surface area contributed by atoms with E-state index in [-0.39, 0.29) is 10.8 Å². The van der Waals surface area contributed by atoms with Crippen molar-refractivity contribution in [1.29, 1.82) is 0 Å². The Balaban J connectivity index is 1.97. The van der Waals surface area contributed by atoms with Gasteiger partial charge in [-0.2, -0.15) is 4.99 Å². The standard InChI is InChI=1S/C15H14N2O4S3/c1-17(2)24(19,20)13-7-3-5-11(9-13)15-16-14(23(18)21-15)10-12-6-4-8-22-12/h3-10H,1-2H3/b14-10-. The molecule has 1 aliphatic heterocycles. The van der Waals surface area contributed by atoms with Gasteiger partial charge >= 0.3 is 0 Å². The van der Waals surface area contributed by atoms with E-state index in [1.165, 1.54) is 37.6 Å². The summed E-state index contributed by atoms with van der Waals surface area (Å²) in [6, 6.07) is 9.98. The zero-order valence-electron chi connectivity index (χ0n) is 12.9. The molecular formula is C15H14N2O4S3. The van der Waals surface area contributed by atoms with Gasteiger partial charge in [0.25, 0.3) is 11.1 Å². The molecule has 0 saturated heterocycles. The molecule has 1 aromatic carbocycles. The molecule has 2 aromatic rings. The van der Waals surface area contributed by atoms with Crippen LogP contribution < -0.4 is 0 Å². The lowest BCUT2D eigenvalue weighted by Gasteiger charge is -2.11. The van der Waals surface area contributed by atoms with Gasteiger partial charge < -0.3 is 4.18 Å². The minimum atomic E-state index is -3.56. The topological polar surface area (TPSA) is 76.0 Å². The lowest BCUT2D eigenvalue weighted by molar-refractivity contribution is 0.520. The fourth-order valence-electron chi connectivity index (χ4n) is 1.96. The predicted molar refractivity (Wildman–Crippen MR) is 95.4 cm³/mol. The Bertz CT molecular complexity index is 945. The van der Waals surface area contributed by atoms with E-state index in [1.807, 2.05) is 17.5 Å². The quantitative estimate of drug-likeness (QED) is 0.814. The summed E-state index contributed by atoms with van der Waals surface area (Å²) in [5.41, 5.74) is 0.459. The number of nitrogens with zero attached hydrogens (tertiary/aromatic N) is 2. The van der Waals surface area contributed by atoms with Gasteiger partial charge in [0.05, 0.1) is 4.90 Å². The second-order valence-electron chi connectivity index (χ2n) is 5.05. The molecule has 9 heteroatoms. The Morgan fingerprint density at radius 3 is 2.71 bits per heavy atom. The number of rotatable bonds is 4. The lowest BCUT2D eigenvalue weighted by atomic mass is 10.2. The fraction of sp³-hybridized carbons (Fsp3) is 0.133. The van der Waals surface area contributed by atoms with Crippen molar-refractivity contribution in [1.82, 2.24) is 4.31 Å². The Labute approximate surface area is 146 Å². The Morgan fingerprint density at radius 2 is 2.04 bits per heavy atom. The molecule has 1 unspecified atom stereocenters. The molecule has 126 valence electrons. The SMILES string of the molecule is CN(C)S(=O)(=O)c1cccc(C2=N/C(=C/c3cccs3)S(=O)O2)c1. The zero-order valence-corrected chi connectivity index (χ0v) is 15.3. The molecule has 0 N–H and O–H groups in total. The fourth-order valence-corrected chi connectivity index (χ4v) is 4.38. The van der Waals surface area contributed by atoms with Gasteiger partial charge in [-0.05, 0) is 35.7 Å². The first-order valence-corrected chi connectivity index (χ1v) is 10.2. The number of aliphatic imine (C=N–C) groups is 1. The van der Waals surface area contributed by atoms with Crippen LogP contribution in [-0.4, -0.2) is 36.9 Å². The molecule has 0 amide bonds. The molecule has 0 spiro atoms. The van der Waals surface area contributed by atoms with Gasteiger partial charge in [0, 0.05) is 24.5 Å². The maximum atomic E-state index is 12.2. The summed E-state index contributed by atoms with van der Waals surface area (Å²) < 4.78 is 42.9. The molecule has 0 fully saturated rings. The molecule has 6 nitrogen and oxygen atoms in total. The Hall–Kier alpha value is -1.81. The molecule has 1 aliphatic rings. The summed E-state index contributed by atoms with van der Waals surface area (Å²) in [6.45, 7) is 0. The number of hydrogen-bond acceptors (Lipinski definition) is 6. The van der Waals surface area contributed by atoms with Gasteiger partial charge in [-0.15, -0.1) is 11.3 Å². The van der Waals surface area contributed by atoms with E-state index in [9.17, 15) is 12.6 Å². The van der Waals surface area contributed by atoms with Crippen LogP contribution in [0.2, 0.25) is 0 Å². The van der Waals surface area contributed by atoms with Crippen LogP contribution in [-0.2, 0) is 25.3 Å². The molecule has 0 aliphatic carbocycles. The third kappa shape index (κ3) is 3.34. The summed E-state index contributed by atoms with van der Waals surface area (Å²) in [4.78, 5) is 5.27. The van der Waals surface area contributed by atoms with E-state index >= 15 is 0 Å². The van der Waals surface area contributed by atoms with Crippen LogP contribution in [0.1, 0.15) is 10.4 Å². The van der Waals surface area contributed by atoms with E-state index in [0.717, 1.165) is 9.18 Å². The zero-order chi connectivity index (χ0) is 17.3. The van der Waals surface area contributed by atoms with E-state index in [2.05, 4.69) is 4.99 Å². The molecule has 24 heavy (non-hydrogen) atoms. The molecular weight excluding hydrogens is 368 g/mol. The first-order valence-electron chi connectivity index (χ1n) is 6.85. The largest absolute Gasteiger partial charge is 0.374 e. The molecule has 3 rings (SSSR count). The van der Waals surface area contributed by atoms with Crippen molar-refractivity contribution in [3.63, 3.8) is 0 Å². The van der Waals surface area contributed by atoms with Crippen molar-refractivity contribution in [2.45, 2.75) is 4.90 Å². The van der Waals surface area contributed by atoms with Crippen molar-refractivity contribution >= 4 is 44.4 Å². The van der Waals surface area contributed by atoms with Crippen LogP contribution in [0.3, 0.4) is 0 Å². The molecule has 0 saturated carbocycles. The molecule has 0 radical (unpaired) electrons. The third-order valence-electron chi connectivity index (χ3n) is 3.21. The highest BCUT2D eigenvalue weighted by Crippen LogP contribution is 2.25. The second-order valence-corrected chi connectivity index (χ2v) is 9.23. The predicted octanol–water partition coefficient (Wildman–Crippen LogP) is 2.44. The first kappa shape index (κ1) is 17.0. The minimum absolute atomic E-state index is 0.123. The van der Waals surface area contributed by atoms with E-state index < -0.39 is 21.1 Å². The second kappa shape index (κ2) is 6.60. The van der Waals surface area contributed by atoms with Crippen LogP contribution in [0.25, 0.3) is 6.08 Å². The van der Waals surface area contributed by atoms with Crippen molar-refractivity contribution in [3.05, 3.63) is 57.2 Å². The highest BCUT2D eigenvalue weighted by Gasteiger charge is 2.25. The van der Waals surface area contributed by atoms with Crippen LogP contribution in [0.4, 0.5) is 0 Å². The summed E-state index contributed by atoms with van der Waals surface area (Å²) in [5, 5.41) is 2.21. The average Bonchev–Trinajstić information content (AvgIpc) is 3.18. The summed E-state index contributed by atoms with van der Waals surface area (Å²) in [7, 11) is -0.641. The summed E-state index contributed by atoms with van der Waals surface area (Å²) in [6.07, 6.45) is 1.69. The first-order chi connectivity index (χ1) is 11.4. The van der Waals surface area contributed by atoms with Crippen molar-refractivity contribution in [2.75, 3.05) is 14.1 Å². The molecule has 2 heterocycles. The molecule has 1 atom stereocenters. The Kier molecular flexibility index (Phi) is 4.68. The van der Waals surface area contributed by atoms with Gasteiger partial charge in [-0.3, -0.25) is 0 Å². The normalized spacial score (nSPS) is 19.5. The van der Waals surface area contributed by atoms with Gasteiger partial charge in [-0.25, -0.2) is 16.9 Å². The van der Waals surface area contributed by atoms with E-state index in [4.69, 9.17) is 4.18 Å². The van der Waals surface area contributed by atoms with Crippen LogP contribution in [0.15, 0.2) is 56.7 Å². The summed E-state index contributed by atoms with van der Waals surface area (Å²) in [5.74, 6) is 0.145. The molecule has 0 bridgehead atoms. The minimum Gasteiger partial charge on any atom is -0.374 e. The average molecular weight is 382 g/mol. The van der Waals surface area contributed by atoms with Gasteiger partial charge in [-0.1, -0.05) is 12.1 Å². The van der Waals surface area contributed by atoms with Crippen molar-refractivity contribution in [3.8, 4) is 0 Å². The van der Waals surface area contributed by atoms with Gasteiger partial charge in [0.15, 0.2) is 5.03 Å². The number of hydrogen-bond donors (Lipinski definition) is 0. The Morgan fingerprint density at radius 1 is 1.25 bits per heavy atom. The van der Waals surface area contributed by atoms with Crippen LogP contribution in [0, 0.1) is 0 Å². The van der Waals surface area contributed by atoms with E-state index in [0.29, 0.717) is 10.6 Å². The van der Waals surface area contributed by atoms with Crippen molar-refractivity contribution < 1.29 is 16.8 Å². The maximum Gasteiger partial charge on any atom is 0.261 e. The number of sulfonamides is 1. The number of thiophene rings is 1. The monoisotopic (exact) mass is 382 g/mol. The van der Waals surface area contributed by atoms with Crippen LogP contribution >= 0.6 is 11.3 Å². The van der Waals surface area contributed by atoms with Crippen molar-refractivity contribution in [2.24, 2.45) is 4.99 Å². The van der Waals surface area contributed by atoms with Gasteiger partial charge in [0.2, 0.25) is 15.9 Å². The smallest absolute Gasteiger partial charge is 0.261 e. The van der Waals surface area contributed by atoms with Crippen LogP contribution in [0.5, 0.6) is 0 Å².